The minimum Gasteiger partial charge on any atom is -0.351 e. The van der Waals surface area contributed by atoms with Crippen LogP contribution in [0.1, 0.15) is 40.5 Å². The van der Waals surface area contributed by atoms with Crippen molar-refractivity contribution in [2.75, 3.05) is 6.61 Å². The van der Waals surface area contributed by atoms with Crippen molar-refractivity contribution < 1.29 is 23.7 Å². The summed E-state index contributed by atoms with van der Waals surface area (Å²) >= 11 is 0. The summed E-state index contributed by atoms with van der Waals surface area (Å²) in [6.45, 7) is 7.59. The number of rotatable bonds is 4. The maximum absolute atomic E-state index is 11.6. The third-order valence-corrected chi connectivity index (χ3v) is 3.38. The van der Waals surface area contributed by atoms with Crippen LogP contribution in [0.25, 0.3) is 0 Å². The second-order valence-corrected chi connectivity index (χ2v) is 7.57. The lowest BCUT2D eigenvalue weighted by atomic mass is 9.79. The van der Waals surface area contributed by atoms with Crippen molar-refractivity contribution in [3.05, 3.63) is 0 Å². The lowest BCUT2D eigenvalue weighted by Crippen LogP contribution is -2.62. The van der Waals surface area contributed by atoms with Crippen molar-refractivity contribution in [1.29, 1.82) is 0 Å². The van der Waals surface area contributed by atoms with Crippen molar-refractivity contribution in [2.24, 2.45) is 0 Å². The minimum atomic E-state index is -4.60. The third-order valence-electron chi connectivity index (χ3n) is 2.92. The van der Waals surface area contributed by atoms with E-state index in [0.717, 1.165) is 12.8 Å². The molecule has 120 valence electrons. The fraction of sp³-hybridized carbons (Fsp3) is 0.909. The largest absolute Gasteiger partial charge is 0.470 e. The number of carbonyl (C=O) groups excluding carboxylic acids is 1. The Kier molecular flexibility index (Phi) is 6.67. The van der Waals surface area contributed by atoms with Crippen LogP contribution >= 0.6 is 20.2 Å². The molecule has 7 nitrogen and oxygen atoms in total. The van der Waals surface area contributed by atoms with Crippen LogP contribution in [-0.4, -0.2) is 39.4 Å². The number of phosphoric acid groups is 1. The molecule has 0 atom stereocenters. The Morgan fingerprint density at radius 3 is 2.15 bits per heavy atom. The molecule has 1 saturated heterocycles. The highest BCUT2D eigenvalue weighted by molar-refractivity contribution is 7.46. The number of piperidine rings is 1. The fourth-order valence-electron chi connectivity index (χ4n) is 2.84. The van der Waals surface area contributed by atoms with Crippen LogP contribution in [0.4, 0.5) is 0 Å². The maximum Gasteiger partial charge on any atom is 0.470 e. The predicted octanol–water partition coefficient (Wildman–Crippen LogP) is 0.943. The first-order valence-corrected chi connectivity index (χ1v) is 7.70. The lowest BCUT2D eigenvalue weighted by molar-refractivity contribution is -0.124. The van der Waals surface area contributed by atoms with E-state index in [4.69, 9.17) is 9.79 Å². The molecule has 4 N–H and O–H groups in total. The molecule has 0 bridgehead atoms. The molecule has 0 aromatic rings. The standard InChI is InChI=1S/C11H23N2O5P.ClH/c1-10(2)5-8(6-11(3,4)13-10)12-9(14)7-18-19(15,16)17;/h8,13H,5-7H2,1-4H3,(H,12,14)(H2,15,16,17);1H. The van der Waals surface area contributed by atoms with Crippen LogP contribution in [0.3, 0.4) is 0 Å². The summed E-state index contributed by atoms with van der Waals surface area (Å²) in [6, 6.07) is -0.0425. The van der Waals surface area contributed by atoms with Crippen molar-refractivity contribution >= 4 is 26.1 Å². The van der Waals surface area contributed by atoms with Crippen LogP contribution < -0.4 is 10.6 Å². The van der Waals surface area contributed by atoms with Gasteiger partial charge in [-0.05, 0) is 40.5 Å². The lowest BCUT2D eigenvalue weighted by Gasteiger charge is -2.46. The Bertz CT molecular complexity index is 380. The van der Waals surface area contributed by atoms with Crippen molar-refractivity contribution in [3.63, 3.8) is 0 Å². The molecule has 0 aromatic heterocycles. The van der Waals surface area contributed by atoms with Gasteiger partial charge in [0.25, 0.3) is 0 Å². The molecule has 0 saturated carbocycles. The Labute approximate surface area is 125 Å². The molecule has 1 aliphatic heterocycles. The smallest absolute Gasteiger partial charge is 0.351 e. The minimum absolute atomic E-state index is 0. The zero-order chi connectivity index (χ0) is 14.9. The topological polar surface area (TPSA) is 108 Å². The molecular weight excluding hydrogens is 307 g/mol. The van der Waals surface area contributed by atoms with Gasteiger partial charge in [0.1, 0.15) is 6.61 Å². The van der Waals surface area contributed by atoms with Gasteiger partial charge in [0.15, 0.2) is 0 Å². The molecule has 1 heterocycles. The van der Waals surface area contributed by atoms with Gasteiger partial charge >= 0.3 is 7.82 Å². The number of carbonyl (C=O) groups is 1. The van der Waals surface area contributed by atoms with Crippen LogP contribution in [0.5, 0.6) is 0 Å². The summed E-state index contributed by atoms with van der Waals surface area (Å²) < 4.78 is 14.7. The molecule has 20 heavy (non-hydrogen) atoms. The normalized spacial score (nSPS) is 21.9. The monoisotopic (exact) mass is 330 g/mol. The third kappa shape index (κ3) is 7.57. The molecule has 1 aliphatic rings. The van der Waals surface area contributed by atoms with E-state index in [9.17, 15) is 9.36 Å². The Morgan fingerprint density at radius 1 is 1.30 bits per heavy atom. The number of nitrogens with one attached hydrogen (secondary N) is 2. The number of amides is 1. The van der Waals surface area contributed by atoms with E-state index in [-0.39, 0.29) is 29.5 Å². The van der Waals surface area contributed by atoms with E-state index >= 15 is 0 Å². The molecule has 0 aromatic carbocycles. The molecule has 1 rings (SSSR count). The van der Waals surface area contributed by atoms with Gasteiger partial charge in [-0.15, -0.1) is 12.4 Å². The van der Waals surface area contributed by atoms with Gasteiger partial charge in [0.2, 0.25) is 5.91 Å². The molecule has 0 radical (unpaired) electrons. The summed E-state index contributed by atoms with van der Waals surface area (Å²) in [5.74, 6) is -0.512. The molecule has 9 heteroatoms. The number of halogens is 1. The first-order chi connectivity index (χ1) is 8.39. The maximum atomic E-state index is 11.6. The fourth-order valence-corrected chi connectivity index (χ4v) is 3.12. The van der Waals surface area contributed by atoms with E-state index < -0.39 is 20.3 Å². The second-order valence-electron chi connectivity index (χ2n) is 6.33. The SMILES string of the molecule is CC1(C)CC(NC(=O)COP(=O)(O)O)CC(C)(C)N1.Cl. The average Bonchev–Trinajstić information content (AvgIpc) is 2.07. The highest BCUT2D eigenvalue weighted by atomic mass is 35.5. The molecule has 0 unspecified atom stereocenters. The number of hydrogen-bond acceptors (Lipinski definition) is 4. The Balaban J connectivity index is 0.00000361. The summed E-state index contributed by atoms with van der Waals surface area (Å²) in [7, 11) is -4.60. The van der Waals surface area contributed by atoms with Gasteiger partial charge in [-0.1, -0.05) is 0 Å². The van der Waals surface area contributed by atoms with Gasteiger partial charge in [0, 0.05) is 17.1 Å². The number of phosphoric ester groups is 1. The summed E-state index contributed by atoms with van der Waals surface area (Å²) in [4.78, 5) is 28.7. The van der Waals surface area contributed by atoms with E-state index in [1.807, 2.05) is 0 Å². The molecule has 0 spiro atoms. The molecule has 1 fully saturated rings. The van der Waals surface area contributed by atoms with Gasteiger partial charge in [-0.2, -0.15) is 0 Å². The summed E-state index contributed by atoms with van der Waals surface area (Å²) in [6.07, 6.45) is 1.50. The van der Waals surface area contributed by atoms with Crippen LogP contribution in [0.15, 0.2) is 0 Å². The van der Waals surface area contributed by atoms with Gasteiger partial charge in [0.05, 0.1) is 0 Å². The predicted molar refractivity (Wildman–Crippen MR) is 77.7 cm³/mol. The van der Waals surface area contributed by atoms with Gasteiger partial charge in [-0.3, -0.25) is 9.32 Å². The average molecular weight is 331 g/mol. The Morgan fingerprint density at radius 2 is 1.75 bits per heavy atom. The van der Waals surface area contributed by atoms with E-state index in [1.54, 1.807) is 0 Å². The highest BCUT2D eigenvalue weighted by Gasteiger charge is 2.38. The van der Waals surface area contributed by atoms with Crippen molar-refractivity contribution in [3.8, 4) is 0 Å². The molecule has 1 amide bonds. The van der Waals surface area contributed by atoms with Crippen LogP contribution in [0.2, 0.25) is 0 Å². The quantitative estimate of drug-likeness (QED) is 0.571. The number of hydrogen-bond donors (Lipinski definition) is 4. The summed E-state index contributed by atoms with van der Waals surface area (Å²) in [5.41, 5.74) is -0.215. The van der Waals surface area contributed by atoms with E-state index in [1.165, 1.54) is 0 Å². The zero-order valence-electron chi connectivity index (χ0n) is 12.2. The Hall–Kier alpha value is -0.170. The molecule has 0 aliphatic carbocycles. The highest BCUT2D eigenvalue weighted by Crippen LogP contribution is 2.35. The summed E-state index contributed by atoms with van der Waals surface area (Å²) in [5, 5.41) is 6.24. The van der Waals surface area contributed by atoms with Gasteiger partial charge in [-0.25, -0.2) is 4.57 Å². The van der Waals surface area contributed by atoms with Crippen molar-refractivity contribution in [1.82, 2.24) is 10.6 Å². The molecular formula is C11H24ClN2O5P. The first-order valence-electron chi connectivity index (χ1n) is 6.17. The van der Waals surface area contributed by atoms with E-state index in [0.29, 0.717) is 0 Å². The second kappa shape index (κ2) is 6.73. The zero-order valence-corrected chi connectivity index (χ0v) is 13.9. The van der Waals surface area contributed by atoms with Crippen molar-refractivity contribution in [2.45, 2.75) is 57.7 Å². The first kappa shape index (κ1) is 19.8. The van der Waals surface area contributed by atoms with Crippen LogP contribution in [0, 0.1) is 0 Å². The van der Waals surface area contributed by atoms with E-state index in [2.05, 4.69) is 42.9 Å². The van der Waals surface area contributed by atoms with Crippen LogP contribution in [-0.2, 0) is 13.9 Å². The van der Waals surface area contributed by atoms with Gasteiger partial charge < -0.3 is 20.4 Å².